The molecule has 1 aromatic heterocycles. The van der Waals surface area contributed by atoms with E-state index in [9.17, 15) is 0 Å². The van der Waals surface area contributed by atoms with Crippen molar-refractivity contribution >= 4 is 15.9 Å². The largest absolute Gasteiger partial charge is 0.495 e. The number of benzene rings is 1. The highest BCUT2D eigenvalue weighted by molar-refractivity contribution is 9.10. The van der Waals surface area contributed by atoms with Crippen LogP contribution in [-0.4, -0.2) is 12.1 Å². The summed E-state index contributed by atoms with van der Waals surface area (Å²) in [7, 11) is 1.62. The summed E-state index contributed by atoms with van der Waals surface area (Å²) in [5, 5.41) is 0. The molecule has 94 valence electrons. The summed E-state index contributed by atoms with van der Waals surface area (Å²) in [6.07, 6.45) is 3.44. The third-order valence-electron chi connectivity index (χ3n) is 2.67. The lowest BCUT2D eigenvalue weighted by Crippen LogP contribution is -2.28. The van der Waals surface area contributed by atoms with Crippen molar-refractivity contribution in [2.75, 3.05) is 7.11 Å². The molecule has 3 N–H and O–H groups in total. The molecule has 0 saturated heterocycles. The van der Waals surface area contributed by atoms with Gasteiger partial charge in [-0.1, -0.05) is 28.1 Å². The molecule has 1 heterocycles. The van der Waals surface area contributed by atoms with Gasteiger partial charge in [0.15, 0.2) is 0 Å². The highest BCUT2D eigenvalue weighted by Crippen LogP contribution is 2.24. The minimum Gasteiger partial charge on any atom is -0.495 e. The average molecular weight is 308 g/mol. The van der Waals surface area contributed by atoms with E-state index >= 15 is 0 Å². The SMILES string of the molecule is COc1cncc(C(NN)c2ccc(Br)cc2)c1. The minimum absolute atomic E-state index is 0.110. The first-order valence-electron chi connectivity index (χ1n) is 5.45. The molecule has 0 saturated carbocycles. The number of nitrogens with one attached hydrogen (secondary N) is 1. The van der Waals surface area contributed by atoms with Gasteiger partial charge < -0.3 is 4.74 Å². The lowest BCUT2D eigenvalue weighted by molar-refractivity contribution is 0.411. The Hall–Kier alpha value is -1.43. The number of ether oxygens (including phenoxy) is 1. The summed E-state index contributed by atoms with van der Waals surface area (Å²) in [6, 6.07) is 9.78. The predicted molar refractivity (Wildman–Crippen MR) is 74.1 cm³/mol. The topological polar surface area (TPSA) is 60.2 Å². The molecular formula is C13H14BrN3O. The Morgan fingerprint density at radius 1 is 1.22 bits per heavy atom. The standard InChI is InChI=1S/C13H14BrN3O/c1-18-12-6-10(7-16-8-12)13(17-15)9-2-4-11(14)5-3-9/h2-8,13,17H,15H2,1H3. The van der Waals surface area contributed by atoms with Crippen LogP contribution in [0.3, 0.4) is 0 Å². The quantitative estimate of drug-likeness (QED) is 0.672. The molecular weight excluding hydrogens is 294 g/mol. The molecule has 0 radical (unpaired) electrons. The number of rotatable bonds is 4. The van der Waals surface area contributed by atoms with Crippen LogP contribution in [0.25, 0.3) is 0 Å². The summed E-state index contributed by atoms with van der Waals surface area (Å²) in [5.74, 6) is 6.35. The number of aromatic nitrogens is 1. The van der Waals surface area contributed by atoms with Gasteiger partial charge in [0.25, 0.3) is 0 Å². The van der Waals surface area contributed by atoms with Crippen molar-refractivity contribution in [1.29, 1.82) is 0 Å². The van der Waals surface area contributed by atoms with Crippen LogP contribution in [0.4, 0.5) is 0 Å². The first kappa shape index (κ1) is 13.0. The van der Waals surface area contributed by atoms with Gasteiger partial charge in [-0.25, -0.2) is 5.43 Å². The van der Waals surface area contributed by atoms with E-state index in [2.05, 4.69) is 26.3 Å². The van der Waals surface area contributed by atoms with E-state index in [-0.39, 0.29) is 6.04 Å². The Morgan fingerprint density at radius 2 is 1.94 bits per heavy atom. The fourth-order valence-electron chi connectivity index (χ4n) is 1.75. The summed E-state index contributed by atoms with van der Waals surface area (Å²) in [5.41, 5.74) is 4.82. The Labute approximate surface area is 114 Å². The highest BCUT2D eigenvalue weighted by Gasteiger charge is 2.13. The van der Waals surface area contributed by atoms with Crippen LogP contribution in [0.2, 0.25) is 0 Å². The number of pyridine rings is 1. The van der Waals surface area contributed by atoms with Crippen LogP contribution < -0.4 is 16.0 Å². The van der Waals surface area contributed by atoms with Gasteiger partial charge in [0.2, 0.25) is 0 Å². The first-order chi connectivity index (χ1) is 8.74. The van der Waals surface area contributed by atoms with Crippen LogP contribution in [0.1, 0.15) is 17.2 Å². The molecule has 0 aliphatic rings. The smallest absolute Gasteiger partial charge is 0.137 e. The molecule has 18 heavy (non-hydrogen) atoms. The zero-order valence-electron chi connectivity index (χ0n) is 9.93. The number of methoxy groups -OCH3 is 1. The molecule has 0 bridgehead atoms. The van der Waals surface area contributed by atoms with Gasteiger partial charge in [-0.15, -0.1) is 0 Å². The molecule has 0 amide bonds. The molecule has 0 fully saturated rings. The maximum Gasteiger partial charge on any atom is 0.137 e. The van der Waals surface area contributed by atoms with Gasteiger partial charge in [-0.2, -0.15) is 0 Å². The van der Waals surface area contributed by atoms with Crippen molar-refractivity contribution in [3.63, 3.8) is 0 Å². The van der Waals surface area contributed by atoms with E-state index in [4.69, 9.17) is 10.6 Å². The predicted octanol–water partition coefficient (Wildman–Crippen LogP) is 2.41. The normalized spacial score (nSPS) is 12.2. The van der Waals surface area contributed by atoms with Crippen LogP contribution >= 0.6 is 15.9 Å². The zero-order valence-corrected chi connectivity index (χ0v) is 11.5. The second kappa shape index (κ2) is 5.95. The van der Waals surface area contributed by atoms with Crippen molar-refractivity contribution in [1.82, 2.24) is 10.4 Å². The van der Waals surface area contributed by atoms with Crippen molar-refractivity contribution in [2.45, 2.75) is 6.04 Å². The van der Waals surface area contributed by atoms with E-state index in [0.29, 0.717) is 5.75 Å². The summed E-state index contributed by atoms with van der Waals surface area (Å²) in [6.45, 7) is 0. The Morgan fingerprint density at radius 3 is 2.56 bits per heavy atom. The maximum atomic E-state index is 5.64. The van der Waals surface area contributed by atoms with Crippen molar-refractivity contribution < 1.29 is 4.74 Å². The number of halogens is 1. The zero-order chi connectivity index (χ0) is 13.0. The maximum absolute atomic E-state index is 5.64. The third kappa shape index (κ3) is 2.87. The third-order valence-corrected chi connectivity index (χ3v) is 3.20. The highest BCUT2D eigenvalue weighted by atomic mass is 79.9. The second-order valence-corrected chi connectivity index (χ2v) is 4.73. The molecule has 0 spiro atoms. The lowest BCUT2D eigenvalue weighted by Gasteiger charge is -2.17. The van der Waals surface area contributed by atoms with Gasteiger partial charge in [-0.05, 0) is 29.3 Å². The van der Waals surface area contributed by atoms with Gasteiger partial charge in [0.1, 0.15) is 5.75 Å². The van der Waals surface area contributed by atoms with Gasteiger partial charge in [-0.3, -0.25) is 10.8 Å². The van der Waals surface area contributed by atoms with E-state index in [1.54, 1.807) is 19.5 Å². The monoisotopic (exact) mass is 307 g/mol. The molecule has 0 aliphatic heterocycles. The molecule has 4 nitrogen and oxygen atoms in total. The molecule has 1 aromatic carbocycles. The van der Waals surface area contributed by atoms with Crippen LogP contribution in [0, 0.1) is 0 Å². The van der Waals surface area contributed by atoms with Crippen LogP contribution in [0.5, 0.6) is 5.75 Å². The second-order valence-electron chi connectivity index (χ2n) is 3.81. The molecule has 0 aliphatic carbocycles. The average Bonchev–Trinajstić information content (AvgIpc) is 2.42. The number of hydrogen-bond acceptors (Lipinski definition) is 4. The lowest BCUT2D eigenvalue weighted by atomic mass is 10.0. The van der Waals surface area contributed by atoms with Crippen molar-refractivity contribution in [3.8, 4) is 5.75 Å². The van der Waals surface area contributed by atoms with Crippen LogP contribution in [-0.2, 0) is 0 Å². The molecule has 2 rings (SSSR count). The summed E-state index contributed by atoms with van der Waals surface area (Å²) in [4.78, 5) is 4.14. The molecule has 5 heteroatoms. The Balaban J connectivity index is 2.35. The van der Waals surface area contributed by atoms with Gasteiger partial charge in [0, 0.05) is 10.7 Å². The van der Waals surface area contributed by atoms with E-state index in [1.165, 1.54) is 0 Å². The number of nitrogens with two attached hydrogens (primary N) is 1. The minimum atomic E-state index is -0.110. The van der Waals surface area contributed by atoms with E-state index < -0.39 is 0 Å². The van der Waals surface area contributed by atoms with E-state index in [1.807, 2.05) is 30.3 Å². The number of nitrogens with zero attached hydrogens (tertiary/aromatic N) is 1. The van der Waals surface area contributed by atoms with E-state index in [0.717, 1.165) is 15.6 Å². The van der Waals surface area contributed by atoms with Gasteiger partial charge >= 0.3 is 0 Å². The molecule has 2 aromatic rings. The fourth-order valence-corrected chi connectivity index (χ4v) is 2.01. The number of hydrazine groups is 1. The molecule has 1 unspecified atom stereocenters. The summed E-state index contributed by atoms with van der Waals surface area (Å²) >= 11 is 3.41. The Kier molecular flexibility index (Phi) is 4.30. The summed E-state index contributed by atoms with van der Waals surface area (Å²) < 4.78 is 6.20. The first-order valence-corrected chi connectivity index (χ1v) is 6.24. The number of hydrogen-bond donors (Lipinski definition) is 2. The van der Waals surface area contributed by atoms with Crippen molar-refractivity contribution in [3.05, 3.63) is 58.3 Å². The fraction of sp³-hybridized carbons (Fsp3) is 0.154. The van der Waals surface area contributed by atoms with Crippen LogP contribution in [0.15, 0.2) is 47.2 Å². The Bertz CT molecular complexity index is 516. The molecule has 1 atom stereocenters. The van der Waals surface area contributed by atoms with Gasteiger partial charge in [0.05, 0.1) is 19.3 Å². The van der Waals surface area contributed by atoms with Crippen molar-refractivity contribution in [2.24, 2.45) is 5.84 Å².